The fourth-order valence-corrected chi connectivity index (χ4v) is 3.85. The number of pyridine rings is 1. The van der Waals surface area contributed by atoms with Gasteiger partial charge in [0.2, 0.25) is 0 Å². The van der Waals surface area contributed by atoms with Gasteiger partial charge in [-0.25, -0.2) is 4.98 Å². The molecule has 3 rings (SSSR count). The Morgan fingerprint density at radius 3 is 2.86 bits per heavy atom. The number of fused-ring (bicyclic) bond motifs is 1. The van der Waals surface area contributed by atoms with Gasteiger partial charge in [0.25, 0.3) is 5.91 Å². The first-order valence-corrected chi connectivity index (χ1v) is 8.63. The van der Waals surface area contributed by atoms with Crippen LogP contribution in [0.3, 0.4) is 0 Å². The third-order valence-electron chi connectivity index (χ3n) is 3.26. The van der Waals surface area contributed by atoms with E-state index in [-0.39, 0.29) is 5.91 Å². The van der Waals surface area contributed by atoms with Crippen molar-refractivity contribution >= 4 is 55.7 Å². The van der Waals surface area contributed by atoms with Gasteiger partial charge in [0.1, 0.15) is 5.15 Å². The first-order chi connectivity index (χ1) is 10.5. The van der Waals surface area contributed by atoms with Gasteiger partial charge in [-0.15, -0.1) is 11.3 Å². The average molecular weight is 396 g/mol. The number of carbonyl (C=O) groups excluding carboxylic acids is 1. The SMILES string of the molecule is CN(Cc1cc(Br)cs1)C(=O)c1ccc2nc(Cl)ccc2c1. The van der Waals surface area contributed by atoms with Gasteiger partial charge >= 0.3 is 0 Å². The minimum atomic E-state index is -0.0126. The van der Waals surface area contributed by atoms with Crippen molar-refractivity contribution in [2.45, 2.75) is 6.54 Å². The molecular weight excluding hydrogens is 384 g/mol. The standard InChI is InChI=1S/C16H12BrClN2OS/c1-20(8-13-7-12(17)9-22-13)16(21)11-2-4-14-10(6-11)3-5-15(18)19-14/h2-7,9H,8H2,1H3. The van der Waals surface area contributed by atoms with Gasteiger partial charge in [0, 0.05) is 32.7 Å². The molecule has 0 unspecified atom stereocenters. The van der Waals surface area contributed by atoms with Crippen molar-refractivity contribution in [2.24, 2.45) is 0 Å². The Kier molecular flexibility index (Phi) is 4.47. The van der Waals surface area contributed by atoms with E-state index in [1.807, 2.05) is 29.6 Å². The van der Waals surface area contributed by atoms with Crippen LogP contribution in [0, 0.1) is 0 Å². The van der Waals surface area contributed by atoms with Crippen LogP contribution in [0.5, 0.6) is 0 Å². The summed E-state index contributed by atoms with van der Waals surface area (Å²) in [7, 11) is 1.81. The number of hydrogen-bond donors (Lipinski definition) is 0. The van der Waals surface area contributed by atoms with Crippen LogP contribution in [0.1, 0.15) is 15.2 Å². The van der Waals surface area contributed by atoms with Gasteiger partial charge in [0.05, 0.1) is 12.1 Å². The molecule has 0 spiro atoms. The number of amides is 1. The van der Waals surface area contributed by atoms with Gasteiger partial charge in [-0.1, -0.05) is 11.6 Å². The van der Waals surface area contributed by atoms with E-state index in [2.05, 4.69) is 20.9 Å². The Hall–Kier alpha value is -1.43. The molecule has 0 N–H and O–H groups in total. The molecule has 0 aliphatic rings. The maximum Gasteiger partial charge on any atom is 0.253 e. The lowest BCUT2D eigenvalue weighted by atomic mass is 10.1. The molecule has 0 radical (unpaired) electrons. The molecule has 0 saturated carbocycles. The van der Waals surface area contributed by atoms with E-state index in [0.717, 1.165) is 20.3 Å². The molecule has 0 aliphatic carbocycles. The van der Waals surface area contributed by atoms with Crippen molar-refractivity contribution in [1.82, 2.24) is 9.88 Å². The van der Waals surface area contributed by atoms with E-state index in [1.54, 1.807) is 35.4 Å². The molecule has 0 saturated heterocycles. The largest absolute Gasteiger partial charge is 0.337 e. The van der Waals surface area contributed by atoms with Gasteiger partial charge in [0.15, 0.2) is 0 Å². The molecule has 2 aromatic heterocycles. The molecule has 3 aromatic rings. The van der Waals surface area contributed by atoms with Crippen LogP contribution in [0.15, 0.2) is 46.3 Å². The van der Waals surface area contributed by atoms with Crippen molar-refractivity contribution in [2.75, 3.05) is 7.05 Å². The Morgan fingerprint density at radius 2 is 2.14 bits per heavy atom. The summed E-state index contributed by atoms with van der Waals surface area (Å²) in [5.41, 5.74) is 1.43. The number of benzene rings is 1. The summed E-state index contributed by atoms with van der Waals surface area (Å²) < 4.78 is 1.04. The quantitative estimate of drug-likeness (QED) is 0.586. The zero-order valence-corrected chi connectivity index (χ0v) is 14.9. The number of carbonyl (C=O) groups is 1. The van der Waals surface area contributed by atoms with Crippen LogP contribution in [0.2, 0.25) is 5.15 Å². The van der Waals surface area contributed by atoms with Crippen molar-refractivity contribution in [3.63, 3.8) is 0 Å². The molecule has 6 heteroatoms. The van der Waals surface area contributed by atoms with Crippen LogP contribution >= 0.6 is 38.9 Å². The second kappa shape index (κ2) is 6.36. The van der Waals surface area contributed by atoms with E-state index in [1.165, 1.54) is 0 Å². The highest BCUT2D eigenvalue weighted by Crippen LogP contribution is 2.22. The minimum absolute atomic E-state index is 0.0126. The maximum absolute atomic E-state index is 12.5. The first kappa shape index (κ1) is 15.5. The number of rotatable bonds is 3. The summed E-state index contributed by atoms with van der Waals surface area (Å²) in [5, 5.41) is 3.37. The predicted molar refractivity (Wildman–Crippen MR) is 94.6 cm³/mol. The molecule has 3 nitrogen and oxygen atoms in total. The molecule has 2 heterocycles. The fourth-order valence-electron chi connectivity index (χ4n) is 2.20. The Bertz CT molecular complexity index is 849. The maximum atomic E-state index is 12.5. The normalized spacial score (nSPS) is 10.9. The van der Waals surface area contributed by atoms with Crippen molar-refractivity contribution in [1.29, 1.82) is 0 Å². The summed E-state index contributed by atoms with van der Waals surface area (Å²) in [6.45, 7) is 0.589. The minimum Gasteiger partial charge on any atom is -0.337 e. The van der Waals surface area contributed by atoms with Gasteiger partial charge in [-0.05, 0) is 52.3 Å². The third kappa shape index (κ3) is 3.32. The molecule has 0 atom stereocenters. The summed E-state index contributed by atoms with van der Waals surface area (Å²) in [4.78, 5) is 19.6. The second-order valence-electron chi connectivity index (χ2n) is 4.93. The van der Waals surface area contributed by atoms with E-state index in [0.29, 0.717) is 17.3 Å². The van der Waals surface area contributed by atoms with Gasteiger partial charge < -0.3 is 4.90 Å². The van der Waals surface area contributed by atoms with Crippen LogP contribution in [-0.2, 0) is 6.54 Å². The molecule has 0 bridgehead atoms. The van der Waals surface area contributed by atoms with E-state index in [9.17, 15) is 4.79 Å². The van der Waals surface area contributed by atoms with Crippen LogP contribution in [-0.4, -0.2) is 22.8 Å². The number of hydrogen-bond acceptors (Lipinski definition) is 3. The summed E-state index contributed by atoms with van der Waals surface area (Å²) in [6.07, 6.45) is 0. The molecular formula is C16H12BrClN2OS. The highest BCUT2D eigenvalue weighted by molar-refractivity contribution is 9.10. The lowest BCUT2D eigenvalue weighted by Crippen LogP contribution is -2.25. The van der Waals surface area contributed by atoms with Crippen molar-refractivity contribution in [3.8, 4) is 0 Å². The monoisotopic (exact) mass is 394 g/mol. The highest BCUT2D eigenvalue weighted by Gasteiger charge is 2.13. The zero-order chi connectivity index (χ0) is 15.7. The highest BCUT2D eigenvalue weighted by atomic mass is 79.9. The Labute approximate surface area is 145 Å². The second-order valence-corrected chi connectivity index (χ2v) is 7.23. The van der Waals surface area contributed by atoms with E-state index >= 15 is 0 Å². The number of nitrogens with zero attached hydrogens (tertiary/aromatic N) is 2. The fraction of sp³-hybridized carbons (Fsp3) is 0.125. The topological polar surface area (TPSA) is 33.2 Å². The number of aromatic nitrogens is 1. The van der Waals surface area contributed by atoms with Crippen molar-refractivity contribution in [3.05, 3.63) is 61.8 Å². The molecule has 112 valence electrons. The van der Waals surface area contributed by atoms with Crippen LogP contribution in [0.4, 0.5) is 0 Å². The van der Waals surface area contributed by atoms with Crippen LogP contribution in [0.25, 0.3) is 10.9 Å². The number of thiophene rings is 1. The molecule has 0 aliphatic heterocycles. The molecule has 1 amide bonds. The number of halogens is 2. The van der Waals surface area contributed by atoms with Crippen molar-refractivity contribution < 1.29 is 4.79 Å². The van der Waals surface area contributed by atoms with Crippen LogP contribution < -0.4 is 0 Å². The Balaban J connectivity index is 1.83. The Morgan fingerprint density at radius 1 is 1.32 bits per heavy atom. The molecule has 1 aromatic carbocycles. The summed E-state index contributed by atoms with van der Waals surface area (Å²) in [5.74, 6) is -0.0126. The average Bonchev–Trinajstić information content (AvgIpc) is 2.91. The molecule has 22 heavy (non-hydrogen) atoms. The first-order valence-electron chi connectivity index (χ1n) is 6.57. The molecule has 0 fully saturated rings. The zero-order valence-electron chi connectivity index (χ0n) is 11.7. The predicted octanol–water partition coefficient (Wildman–Crippen LogP) is 4.98. The van der Waals surface area contributed by atoms with E-state index < -0.39 is 0 Å². The summed E-state index contributed by atoms with van der Waals surface area (Å²) in [6, 6.07) is 11.1. The summed E-state index contributed by atoms with van der Waals surface area (Å²) >= 11 is 10.9. The lowest BCUT2D eigenvalue weighted by Gasteiger charge is -2.16. The van der Waals surface area contributed by atoms with Gasteiger partial charge in [-0.3, -0.25) is 4.79 Å². The van der Waals surface area contributed by atoms with E-state index in [4.69, 9.17) is 11.6 Å². The smallest absolute Gasteiger partial charge is 0.253 e. The van der Waals surface area contributed by atoms with Gasteiger partial charge in [-0.2, -0.15) is 0 Å². The lowest BCUT2D eigenvalue weighted by molar-refractivity contribution is 0.0786. The third-order valence-corrected chi connectivity index (χ3v) is 5.16.